The van der Waals surface area contributed by atoms with Crippen molar-refractivity contribution >= 4 is 15.9 Å². The van der Waals surface area contributed by atoms with Crippen LogP contribution in [0.1, 0.15) is 32.6 Å². The van der Waals surface area contributed by atoms with Crippen molar-refractivity contribution in [2.24, 2.45) is 0 Å². The Bertz CT molecular complexity index is 1470. The topological polar surface area (TPSA) is 60.9 Å². The molecule has 0 unspecified atom stereocenters. The van der Waals surface area contributed by atoms with Crippen molar-refractivity contribution in [2.75, 3.05) is 26.2 Å². The van der Waals surface area contributed by atoms with E-state index in [1.54, 1.807) is 16.4 Å². The molecule has 0 saturated carbocycles. The number of nitrogens with zero attached hydrogens (tertiary/aromatic N) is 3. The van der Waals surface area contributed by atoms with E-state index < -0.39 is 10.0 Å². The van der Waals surface area contributed by atoms with Gasteiger partial charge in [0.1, 0.15) is 0 Å². The highest BCUT2D eigenvalue weighted by molar-refractivity contribution is 7.89. The number of hydrogen-bond donors (Lipinski definition) is 0. The Kier molecular flexibility index (Phi) is 8.75. The van der Waals surface area contributed by atoms with E-state index >= 15 is 0 Å². The third kappa shape index (κ3) is 6.86. The summed E-state index contributed by atoms with van der Waals surface area (Å²) < 4.78 is 27.7. The zero-order chi connectivity index (χ0) is 28.0. The number of carbonyl (C=O) groups is 1. The molecular formula is C33H35N3O3S. The number of hydrogen-bond acceptors (Lipinski definition) is 4. The maximum absolute atomic E-state index is 13.7. The summed E-state index contributed by atoms with van der Waals surface area (Å²) in [6.07, 6.45) is 0. The van der Waals surface area contributed by atoms with Gasteiger partial charge in [-0.15, -0.1) is 0 Å². The van der Waals surface area contributed by atoms with Crippen LogP contribution in [0.15, 0.2) is 114 Å². The highest BCUT2D eigenvalue weighted by atomic mass is 32.2. The third-order valence-corrected chi connectivity index (χ3v) is 9.20. The SMILES string of the molecule is Cc1ccc(S(=O)(=O)N2CCN(Cc3cccc(C(=O)N(Cc4ccccc4)Cc4ccccc4)c3)CC2)cc1. The van der Waals surface area contributed by atoms with Gasteiger partial charge in [-0.2, -0.15) is 4.31 Å². The summed E-state index contributed by atoms with van der Waals surface area (Å²) in [6, 6.07) is 34.9. The quantitative estimate of drug-likeness (QED) is 0.281. The Hall–Kier alpha value is -3.78. The third-order valence-electron chi connectivity index (χ3n) is 7.29. The van der Waals surface area contributed by atoms with E-state index in [1.807, 2.05) is 109 Å². The van der Waals surface area contributed by atoms with E-state index in [9.17, 15) is 13.2 Å². The molecule has 0 radical (unpaired) electrons. The summed E-state index contributed by atoms with van der Waals surface area (Å²) in [7, 11) is -3.50. The fraction of sp³-hybridized carbons (Fsp3) is 0.242. The van der Waals surface area contributed by atoms with Crippen molar-refractivity contribution in [3.8, 4) is 0 Å². The largest absolute Gasteiger partial charge is 0.330 e. The molecule has 0 atom stereocenters. The molecule has 1 aliphatic rings. The summed E-state index contributed by atoms with van der Waals surface area (Å²) >= 11 is 0. The number of amides is 1. The van der Waals surface area contributed by atoms with Crippen molar-refractivity contribution in [1.29, 1.82) is 0 Å². The maximum Gasteiger partial charge on any atom is 0.254 e. The van der Waals surface area contributed by atoms with Gasteiger partial charge in [0.2, 0.25) is 10.0 Å². The predicted octanol–water partition coefficient (Wildman–Crippen LogP) is 5.34. The first-order valence-corrected chi connectivity index (χ1v) is 15.1. The lowest BCUT2D eigenvalue weighted by molar-refractivity contribution is 0.0729. The molecule has 4 aromatic carbocycles. The summed E-state index contributed by atoms with van der Waals surface area (Å²) in [5.74, 6) is -0.0106. The summed E-state index contributed by atoms with van der Waals surface area (Å²) in [6.45, 7) is 5.81. The molecule has 0 aromatic heterocycles. The van der Waals surface area contributed by atoms with E-state index in [0.29, 0.717) is 56.3 Å². The Morgan fingerprint density at radius 3 is 1.82 bits per heavy atom. The minimum atomic E-state index is -3.50. The van der Waals surface area contributed by atoms with Gasteiger partial charge in [0.05, 0.1) is 4.90 Å². The molecule has 1 aliphatic heterocycles. The molecule has 0 aliphatic carbocycles. The van der Waals surface area contributed by atoms with Gasteiger partial charge in [-0.3, -0.25) is 9.69 Å². The van der Waals surface area contributed by atoms with Gasteiger partial charge in [-0.1, -0.05) is 90.5 Å². The van der Waals surface area contributed by atoms with Crippen LogP contribution in [-0.4, -0.2) is 54.6 Å². The van der Waals surface area contributed by atoms with E-state index in [1.165, 1.54) is 0 Å². The van der Waals surface area contributed by atoms with Crippen LogP contribution in [-0.2, 0) is 29.7 Å². The number of rotatable bonds is 9. The van der Waals surface area contributed by atoms with Gasteiger partial charge in [-0.05, 0) is 47.9 Å². The molecule has 206 valence electrons. The van der Waals surface area contributed by atoms with E-state index in [0.717, 1.165) is 22.3 Å². The molecule has 5 rings (SSSR count). The Labute approximate surface area is 237 Å². The maximum atomic E-state index is 13.7. The van der Waals surface area contributed by atoms with Gasteiger partial charge in [0.15, 0.2) is 0 Å². The predicted molar refractivity (Wildman–Crippen MR) is 158 cm³/mol. The van der Waals surface area contributed by atoms with Gasteiger partial charge >= 0.3 is 0 Å². The molecule has 0 spiro atoms. The first-order chi connectivity index (χ1) is 19.4. The van der Waals surface area contributed by atoms with Crippen molar-refractivity contribution in [3.63, 3.8) is 0 Å². The second-order valence-electron chi connectivity index (χ2n) is 10.3. The van der Waals surface area contributed by atoms with E-state index in [4.69, 9.17) is 0 Å². The van der Waals surface area contributed by atoms with Crippen LogP contribution in [0, 0.1) is 6.92 Å². The number of aryl methyl sites for hydroxylation is 1. The standard InChI is InChI=1S/C33H35N3O3S/c1-27-15-17-32(18-16-27)40(38,39)36-21-19-34(20-22-36)24-30-13-8-14-31(23-30)33(37)35(25-28-9-4-2-5-10-28)26-29-11-6-3-7-12-29/h2-18,23H,19-22,24-26H2,1H3. The number of benzene rings is 4. The normalized spacial score (nSPS) is 14.6. The molecule has 7 heteroatoms. The number of carbonyl (C=O) groups excluding carboxylic acids is 1. The second kappa shape index (κ2) is 12.6. The average Bonchev–Trinajstić information content (AvgIpc) is 2.98. The number of sulfonamides is 1. The molecule has 0 N–H and O–H groups in total. The summed E-state index contributed by atoms with van der Waals surface area (Å²) in [5, 5.41) is 0. The van der Waals surface area contributed by atoms with Gasteiger partial charge < -0.3 is 4.90 Å². The lowest BCUT2D eigenvalue weighted by Gasteiger charge is -2.34. The molecule has 4 aromatic rings. The Balaban J connectivity index is 1.25. The summed E-state index contributed by atoms with van der Waals surface area (Å²) in [4.78, 5) is 18.2. The van der Waals surface area contributed by atoms with Gasteiger partial charge in [0.25, 0.3) is 5.91 Å². The number of piperazine rings is 1. The van der Waals surface area contributed by atoms with E-state index in [2.05, 4.69) is 4.90 Å². The lowest BCUT2D eigenvalue weighted by Crippen LogP contribution is -2.48. The van der Waals surface area contributed by atoms with Crippen LogP contribution < -0.4 is 0 Å². The highest BCUT2D eigenvalue weighted by Gasteiger charge is 2.28. The zero-order valence-corrected chi connectivity index (χ0v) is 23.6. The smallest absolute Gasteiger partial charge is 0.254 e. The molecule has 1 amide bonds. The van der Waals surface area contributed by atoms with Crippen LogP contribution in [0.5, 0.6) is 0 Å². The molecule has 6 nitrogen and oxygen atoms in total. The fourth-order valence-corrected chi connectivity index (χ4v) is 6.46. The van der Waals surface area contributed by atoms with Crippen molar-refractivity contribution < 1.29 is 13.2 Å². The minimum absolute atomic E-state index is 0.0106. The van der Waals surface area contributed by atoms with Gasteiger partial charge in [-0.25, -0.2) is 8.42 Å². The van der Waals surface area contributed by atoms with Crippen molar-refractivity contribution in [3.05, 3.63) is 137 Å². The molecule has 1 fully saturated rings. The van der Waals surface area contributed by atoms with Crippen LogP contribution in [0.25, 0.3) is 0 Å². The minimum Gasteiger partial charge on any atom is -0.330 e. The molecular weight excluding hydrogens is 518 g/mol. The summed E-state index contributed by atoms with van der Waals surface area (Å²) in [5.41, 5.74) is 4.90. The van der Waals surface area contributed by atoms with Gasteiger partial charge in [0, 0.05) is 51.4 Å². The Morgan fingerprint density at radius 1 is 0.700 bits per heavy atom. The van der Waals surface area contributed by atoms with Crippen LogP contribution in [0.4, 0.5) is 0 Å². The van der Waals surface area contributed by atoms with Crippen LogP contribution in [0.3, 0.4) is 0 Å². The second-order valence-corrected chi connectivity index (χ2v) is 12.3. The monoisotopic (exact) mass is 553 g/mol. The first kappa shape index (κ1) is 27.8. The molecule has 0 bridgehead atoms. The molecule has 1 heterocycles. The average molecular weight is 554 g/mol. The van der Waals surface area contributed by atoms with Crippen LogP contribution in [0.2, 0.25) is 0 Å². The first-order valence-electron chi connectivity index (χ1n) is 13.6. The highest BCUT2D eigenvalue weighted by Crippen LogP contribution is 2.20. The lowest BCUT2D eigenvalue weighted by atomic mass is 10.1. The Morgan fingerprint density at radius 2 is 1.25 bits per heavy atom. The molecule has 40 heavy (non-hydrogen) atoms. The molecule has 1 saturated heterocycles. The van der Waals surface area contributed by atoms with E-state index in [-0.39, 0.29) is 5.91 Å². The van der Waals surface area contributed by atoms with Crippen LogP contribution >= 0.6 is 0 Å². The fourth-order valence-electron chi connectivity index (χ4n) is 5.04. The van der Waals surface area contributed by atoms with Crippen molar-refractivity contribution in [2.45, 2.75) is 31.5 Å². The zero-order valence-electron chi connectivity index (χ0n) is 22.8. The van der Waals surface area contributed by atoms with Crippen molar-refractivity contribution in [1.82, 2.24) is 14.1 Å².